The second-order valence-corrected chi connectivity index (χ2v) is 9.46. The van der Waals surface area contributed by atoms with Crippen LogP contribution in [0.5, 0.6) is 0 Å². The first-order valence-electron chi connectivity index (χ1n) is 11.5. The lowest BCUT2D eigenvalue weighted by Gasteiger charge is -2.38. The molecule has 2 atom stereocenters. The Morgan fingerprint density at radius 3 is 1.88 bits per heavy atom. The summed E-state index contributed by atoms with van der Waals surface area (Å²) < 4.78 is 6.15. The molecule has 144 valence electrons. The molecule has 1 heterocycles. The van der Waals surface area contributed by atoms with E-state index in [1.807, 2.05) is 0 Å². The summed E-state index contributed by atoms with van der Waals surface area (Å²) in [6, 6.07) is 0. The van der Waals surface area contributed by atoms with Gasteiger partial charge in [-0.15, -0.1) is 6.58 Å². The monoisotopic (exact) mass is 346 g/mol. The first-order valence-corrected chi connectivity index (χ1v) is 11.5. The van der Waals surface area contributed by atoms with E-state index in [9.17, 15) is 0 Å². The Morgan fingerprint density at radius 2 is 1.36 bits per heavy atom. The third-order valence-corrected chi connectivity index (χ3v) is 7.78. The first-order chi connectivity index (χ1) is 12.3. The van der Waals surface area contributed by atoms with E-state index in [1.54, 1.807) is 0 Å². The number of hydrogen-bond acceptors (Lipinski definition) is 1. The van der Waals surface area contributed by atoms with Gasteiger partial charge < -0.3 is 4.74 Å². The number of ether oxygens (including phenoxy) is 1. The van der Waals surface area contributed by atoms with Crippen LogP contribution in [0, 0.1) is 29.6 Å². The van der Waals surface area contributed by atoms with Crippen LogP contribution >= 0.6 is 0 Å². The van der Waals surface area contributed by atoms with E-state index >= 15 is 0 Å². The van der Waals surface area contributed by atoms with Gasteiger partial charge in [-0.2, -0.15) is 0 Å². The molecule has 0 N–H and O–H groups in total. The highest BCUT2D eigenvalue weighted by atomic mass is 16.5. The second kappa shape index (κ2) is 10.1. The first kappa shape index (κ1) is 19.5. The fourth-order valence-corrected chi connectivity index (χ4v) is 5.88. The van der Waals surface area contributed by atoms with E-state index in [4.69, 9.17) is 4.74 Å². The minimum absolute atomic E-state index is 0.578. The summed E-state index contributed by atoms with van der Waals surface area (Å²) in [5.74, 6) is 4.73. The molecule has 2 saturated carbocycles. The molecule has 0 aromatic carbocycles. The minimum Gasteiger partial charge on any atom is -0.378 e. The maximum Gasteiger partial charge on any atom is 0.0575 e. The molecule has 0 aromatic heterocycles. The van der Waals surface area contributed by atoms with Crippen molar-refractivity contribution in [3.8, 4) is 0 Å². The maximum atomic E-state index is 6.15. The van der Waals surface area contributed by atoms with Crippen LogP contribution in [0.3, 0.4) is 0 Å². The predicted octanol–water partition coefficient (Wildman–Crippen LogP) is 7.16. The van der Waals surface area contributed by atoms with E-state index in [-0.39, 0.29) is 0 Å². The molecule has 1 nitrogen and oxygen atoms in total. The minimum atomic E-state index is 0.578. The molecule has 3 fully saturated rings. The Labute approximate surface area is 157 Å². The van der Waals surface area contributed by atoms with Crippen molar-refractivity contribution in [3.63, 3.8) is 0 Å². The average Bonchev–Trinajstić information content (AvgIpc) is 2.68. The lowest BCUT2D eigenvalue weighted by molar-refractivity contribution is -0.0423. The summed E-state index contributed by atoms with van der Waals surface area (Å²) in [7, 11) is 0. The molecular weight excluding hydrogens is 304 g/mol. The van der Waals surface area contributed by atoms with Crippen molar-refractivity contribution in [2.45, 2.75) is 103 Å². The second-order valence-electron chi connectivity index (χ2n) is 9.46. The number of allylic oxidation sites excluding steroid dienone is 1. The Morgan fingerprint density at radius 1 is 0.760 bits per heavy atom. The molecule has 0 bridgehead atoms. The molecule has 2 unspecified atom stereocenters. The smallest absolute Gasteiger partial charge is 0.0575 e. The quantitative estimate of drug-likeness (QED) is 0.444. The fraction of sp³-hybridized carbons (Fsp3) is 0.917. The van der Waals surface area contributed by atoms with Gasteiger partial charge in [-0.1, -0.05) is 45.1 Å². The number of hydrogen-bond donors (Lipinski definition) is 0. The SMILES string of the molecule is C=CC1CCC(CCC2CCC(C3CCC(CCC)OC3)CC2)CC1. The van der Waals surface area contributed by atoms with Gasteiger partial charge in [-0.05, 0) is 87.4 Å². The van der Waals surface area contributed by atoms with Gasteiger partial charge in [-0.25, -0.2) is 0 Å². The molecule has 0 aromatic rings. The largest absolute Gasteiger partial charge is 0.378 e. The van der Waals surface area contributed by atoms with Crippen molar-refractivity contribution in [1.29, 1.82) is 0 Å². The van der Waals surface area contributed by atoms with E-state index in [0.717, 1.165) is 36.2 Å². The molecular formula is C24H42O. The van der Waals surface area contributed by atoms with Gasteiger partial charge in [0.15, 0.2) is 0 Å². The van der Waals surface area contributed by atoms with Gasteiger partial charge in [0.25, 0.3) is 0 Å². The standard InChI is InChI=1S/C24H42O/c1-3-5-24-17-16-23(18-25-24)22-14-12-21(13-15-22)11-10-20-8-6-19(4-2)7-9-20/h4,19-24H,2-3,5-18H2,1H3. The Bertz CT molecular complexity index is 366. The van der Waals surface area contributed by atoms with Crippen molar-refractivity contribution in [3.05, 3.63) is 12.7 Å². The van der Waals surface area contributed by atoms with Gasteiger partial charge in [-0.3, -0.25) is 0 Å². The van der Waals surface area contributed by atoms with Crippen LogP contribution in [-0.4, -0.2) is 12.7 Å². The summed E-state index contributed by atoms with van der Waals surface area (Å²) in [5, 5.41) is 0. The fourth-order valence-electron chi connectivity index (χ4n) is 5.88. The van der Waals surface area contributed by atoms with Gasteiger partial charge in [0.05, 0.1) is 12.7 Å². The molecule has 25 heavy (non-hydrogen) atoms. The normalized spacial score (nSPS) is 39.9. The zero-order valence-corrected chi connectivity index (χ0v) is 16.8. The van der Waals surface area contributed by atoms with E-state index < -0.39 is 0 Å². The highest BCUT2D eigenvalue weighted by Gasteiger charge is 2.31. The molecule has 0 spiro atoms. The maximum absolute atomic E-state index is 6.15. The molecule has 3 aliphatic rings. The molecule has 1 heteroatoms. The molecule has 0 amide bonds. The van der Waals surface area contributed by atoms with Crippen molar-refractivity contribution in [2.24, 2.45) is 29.6 Å². The zero-order chi connectivity index (χ0) is 17.5. The predicted molar refractivity (Wildman–Crippen MR) is 108 cm³/mol. The summed E-state index contributed by atoms with van der Waals surface area (Å²) in [4.78, 5) is 0. The van der Waals surface area contributed by atoms with Gasteiger partial charge in [0.2, 0.25) is 0 Å². The Balaban J connectivity index is 1.29. The molecule has 1 aliphatic heterocycles. The molecule has 3 rings (SSSR count). The van der Waals surface area contributed by atoms with E-state index in [2.05, 4.69) is 19.6 Å². The Kier molecular flexibility index (Phi) is 7.90. The molecule has 0 radical (unpaired) electrons. The van der Waals surface area contributed by atoms with Crippen LogP contribution < -0.4 is 0 Å². The van der Waals surface area contributed by atoms with Crippen LogP contribution in [0.25, 0.3) is 0 Å². The number of rotatable bonds is 7. The van der Waals surface area contributed by atoms with Crippen LogP contribution in [0.1, 0.15) is 96.8 Å². The zero-order valence-electron chi connectivity index (χ0n) is 16.8. The van der Waals surface area contributed by atoms with Crippen molar-refractivity contribution in [2.75, 3.05) is 6.61 Å². The highest BCUT2D eigenvalue weighted by molar-refractivity contribution is 4.85. The lowest BCUT2D eigenvalue weighted by Crippen LogP contribution is -2.32. The van der Waals surface area contributed by atoms with E-state index in [1.165, 1.54) is 89.9 Å². The van der Waals surface area contributed by atoms with Crippen LogP contribution in [-0.2, 0) is 4.74 Å². The molecule has 2 aliphatic carbocycles. The van der Waals surface area contributed by atoms with Crippen molar-refractivity contribution in [1.82, 2.24) is 0 Å². The van der Waals surface area contributed by atoms with Crippen LogP contribution in [0.15, 0.2) is 12.7 Å². The third-order valence-electron chi connectivity index (χ3n) is 7.78. The van der Waals surface area contributed by atoms with Crippen LogP contribution in [0.4, 0.5) is 0 Å². The van der Waals surface area contributed by atoms with Gasteiger partial charge in [0, 0.05) is 0 Å². The van der Waals surface area contributed by atoms with Crippen molar-refractivity contribution >= 4 is 0 Å². The highest BCUT2D eigenvalue weighted by Crippen LogP contribution is 2.41. The van der Waals surface area contributed by atoms with E-state index in [0.29, 0.717) is 6.10 Å². The van der Waals surface area contributed by atoms with Crippen LogP contribution in [0.2, 0.25) is 0 Å². The topological polar surface area (TPSA) is 9.23 Å². The lowest BCUT2D eigenvalue weighted by atomic mass is 9.71. The van der Waals surface area contributed by atoms with Crippen molar-refractivity contribution < 1.29 is 4.74 Å². The summed E-state index contributed by atoms with van der Waals surface area (Å²) in [6.45, 7) is 7.32. The summed E-state index contributed by atoms with van der Waals surface area (Å²) in [5.41, 5.74) is 0. The summed E-state index contributed by atoms with van der Waals surface area (Å²) in [6.07, 6.45) is 22.8. The van der Waals surface area contributed by atoms with Gasteiger partial charge >= 0.3 is 0 Å². The third kappa shape index (κ3) is 5.84. The average molecular weight is 347 g/mol. The Hall–Kier alpha value is -0.300. The van der Waals surface area contributed by atoms with Gasteiger partial charge in [0.1, 0.15) is 0 Å². The molecule has 1 saturated heterocycles. The summed E-state index contributed by atoms with van der Waals surface area (Å²) >= 11 is 0.